The van der Waals surface area contributed by atoms with Gasteiger partial charge in [-0.05, 0) is 36.5 Å². The van der Waals surface area contributed by atoms with E-state index in [4.69, 9.17) is 4.74 Å². The van der Waals surface area contributed by atoms with Gasteiger partial charge in [-0.3, -0.25) is 0 Å². The Hall–Kier alpha value is -1.35. The number of ether oxygens (including phenoxy) is 1. The predicted octanol–water partition coefficient (Wildman–Crippen LogP) is 2.10. The quantitative estimate of drug-likeness (QED) is 0.793. The van der Waals surface area contributed by atoms with Gasteiger partial charge >= 0.3 is 0 Å². The predicted molar refractivity (Wildman–Crippen MR) is 60.5 cm³/mol. The number of hydrogen-bond donors (Lipinski definition) is 1. The number of aromatic hydroxyl groups is 1. The standard InChI is InChI=1S/C13H16O3/c14-8-13(11-4-2-6-16-9-11)10-3-1-5-12(15)7-10/h1,3,5,7-8,11,13,15H,2,4,6,9H2. The number of hydrogen-bond acceptors (Lipinski definition) is 3. The van der Waals surface area contributed by atoms with E-state index in [1.54, 1.807) is 18.2 Å². The van der Waals surface area contributed by atoms with Gasteiger partial charge in [-0.25, -0.2) is 0 Å². The summed E-state index contributed by atoms with van der Waals surface area (Å²) in [6, 6.07) is 6.93. The van der Waals surface area contributed by atoms with Crippen LogP contribution in [0.15, 0.2) is 24.3 Å². The monoisotopic (exact) mass is 220 g/mol. The number of rotatable bonds is 3. The van der Waals surface area contributed by atoms with E-state index in [0.29, 0.717) is 6.61 Å². The van der Waals surface area contributed by atoms with Crippen molar-refractivity contribution in [2.75, 3.05) is 13.2 Å². The normalized spacial score (nSPS) is 22.6. The zero-order valence-corrected chi connectivity index (χ0v) is 9.13. The van der Waals surface area contributed by atoms with Crippen molar-refractivity contribution in [2.24, 2.45) is 5.92 Å². The molecule has 2 atom stereocenters. The van der Waals surface area contributed by atoms with Gasteiger partial charge in [0, 0.05) is 12.5 Å². The maximum atomic E-state index is 11.2. The topological polar surface area (TPSA) is 46.5 Å². The highest BCUT2D eigenvalue weighted by Crippen LogP contribution is 2.30. The van der Waals surface area contributed by atoms with Crippen LogP contribution in [0.3, 0.4) is 0 Å². The maximum absolute atomic E-state index is 11.2. The summed E-state index contributed by atoms with van der Waals surface area (Å²) in [5.41, 5.74) is 0.880. The molecule has 0 aliphatic carbocycles. The summed E-state index contributed by atoms with van der Waals surface area (Å²) in [4.78, 5) is 11.2. The van der Waals surface area contributed by atoms with Crippen LogP contribution in [0.2, 0.25) is 0 Å². The first-order valence-electron chi connectivity index (χ1n) is 5.63. The molecule has 2 rings (SSSR count). The van der Waals surface area contributed by atoms with Crippen molar-refractivity contribution in [3.05, 3.63) is 29.8 Å². The third-order valence-corrected chi connectivity index (χ3v) is 3.11. The number of phenolic OH excluding ortho intramolecular Hbond substituents is 1. The van der Waals surface area contributed by atoms with Gasteiger partial charge in [0.15, 0.2) is 0 Å². The Labute approximate surface area is 95.0 Å². The van der Waals surface area contributed by atoms with Crippen LogP contribution in [-0.2, 0) is 9.53 Å². The number of benzene rings is 1. The lowest BCUT2D eigenvalue weighted by Gasteiger charge is -2.27. The van der Waals surface area contributed by atoms with E-state index in [2.05, 4.69) is 0 Å². The highest BCUT2D eigenvalue weighted by Gasteiger charge is 2.25. The lowest BCUT2D eigenvalue weighted by atomic mass is 9.84. The zero-order valence-electron chi connectivity index (χ0n) is 9.13. The summed E-state index contributed by atoms with van der Waals surface area (Å²) in [7, 11) is 0. The number of aldehydes is 1. The summed E-state index contributed by atoms with van der Waals surface area (Å²) in [6.07, 6.45) is 2.99. The van der Waals surface area contributed by atoms with Gasteiger partial charge in [-0.2, -0.15) is 0 Å². The van der Waals surface area contributed by atoms with E-state index in [9.17, 15) is 9.90 Å². The Bertz CT molecular complexity index is 356. The lowest BCUT2D eigenvalue weighted by molar-refractivity contribution is -0.111. The fourth-order valence-corrected chi connectivity index (χ4v) is 2.24. The fraction of sp³-hybridized carbons (Fsp3) is 0.462. The van der Waals surface area contributed by atoms with E-state index in [1.165, 1.54) is 0 Å². The Morgan fingerprint density at radius 1 is 1.50 bits per heavy atom. The van der Waals surface area contributed by atoms with Gasteiger partial charge in [0.25, 0.3) is 0 Å². The Morgan fingerprint density at radius 2 is 2.38 bits per heavy atom. The van der Waals surface area contributed by atoms with Crippen molar-refractivity contribution in [1.82, 2.24) is 0 Å². The largest absolute Gasteiger partial charge is 0.508 e. The minimum Gasteiger partial charge on any atom is -0.508 e. The molecule has 1 aliphatic rings. The molecular formula is C13H16O3. The van der Waals surface area contributed by atoms with Gasteiger partial charge in [-0.1, -0.05) is 12.1 Å². The molecule has 0 radical (unpaired) electrons. The molecule has 16 heavy (non-hydrogen) atoms. The van der Waals surface area contributed by atoms with Crippen LogP contribution in [0.1, 0.15) is 24.3 Å². The van der Waals surface area contributed by atoms with Crippen LogP contribution in [0.5, 0.6) is 5.75 Å². The minimum atomic E-state index is -0.160. The fourth-order valence-electron chi connectivity index (χ4n) is 2.24. The van der Waals surface area contributed by atoms with E-state index in [-0.39, 0.29) is 17.6 Å². The molecule has 2 unspecified atom stereocenters. The molecule has 1 heterocycles. The molecule has 86 valence electrons. The molecule has 0 saturated carbocycles. The first kappa shape index (κ1) is 11.1. The minimum absolute atomic E-state index is 0.160. The van der Waals surface area contributed by atoms with Gasteiger partial charge in [0.05, 0.1) is 6.61 Å². The van der Waals surface area contributed by atoms with Crippen molar-refractivity contribution in [1.29, 1.82) is 0 Å². The number of carbonyl (C=O) groups is 1. The number of phenols is 1. The molecule has 1 saturated heterocycles. The third kappa shape index (κ3) is 2.42. The molecule has 3 heteroatoms. The molecule has 0 spiro atoms. The van der Waals surface area contributed by atoms with E-state index in [1.807, 2.05) is 6.07 Å². The first-order chi connectivity index (χ1) is 7.81. The van der Waals surface area contributed by atoms with Crippen molar-refractivity contribution in [3.63, 3.8) is 0 Å². The van der Waals surface area contributed by atoms with Crippen LogP contribution in [0.4, 0.5) is 0 Å². The van der Waals surface area contributed by atoms with Crippen LogP contribution in [0, 0.1) is 5.92 Å². The third-order valence-electron chi connectivity index (χ3n) is 3.11. The molecule has 1 fully saturated rings. The average Bonchev–Trinajstić information content (AvgIpc) is 2.31. The van der Waals surface area contributed by atoms with Crippen LogP contribution >= 0.6 is 0 Å². The van der Waals surface area contributed by atoms with Crippen molar-refractivity contribution < 1.29 is 14.6 Å². The second kappa shape index (κ2) is 5.12. The number of carbonyl (C=O) groups excluding carboxylic acids is 1. The summed E-state index contributed by atoms with van der Waals surface area (Å²) in [5, 5.41) is 9.41. The molecular weight excluding hydrogens is 204 g/mol. The lowest BCUT2D eigenvalue weighted by Crippen LogP contribution is -2.24. The molecule has 0 aromatic heterocycles. The Kier molecular flexibility index (Phi) is 3.57. The second-order valence-electron chi connectivity index (χ2n) is 4.23. The van der Waals surface area contributed by atoms with Gasteiger partial charge in [0.1, 0.15) is 12.0 Å². The zero-order chi connectivity index (χ0) is 11.4. The van der Waals surface area contributed by atoms with Crippen molar-refractivity contribution in [3.8, 4) is 5.75 Å². The highest BCUT2D eigenvalue weighted by molar-refractivity contribution is 5.63. The van der Waals surface area contributed by atoms with Gasteiger partial charge < -0.3 is 14.6 Å². The maximum Gasteiger partial charge on any atom is 0.127 e. The summed E-state index contributed by atoms with van der Waals surface area (Å²) < 4.78 is 5.40. The van der Waals surface area contributed by atoms with Crippen LogP contribution < -0.4 is 0 Å². The smallest absolute Gasteiger partial charge is 0.127 e. The second-order valence-corrected chi connectivity index (χ2v) is 4.23. The Morgan fingerprint density at radius 3 is 3.00 bits per heavy atom. The summed E-state index contributed by atoms with van der Waals surface area (Å²) >= 11 is 0. The van der Waals surface area contributed by atoms with E-state index in [0.717, 1.165) is 31.3 Å². The summed E-state index contributed by atoms with van der Waals surface area (Å²) in [6.45, 7) is 1.43. The molecule has 1 aromatic rings. The molecule has 0 amide bonds. The SMILES string of the molecule is O=CC(c1cccc(O)c1)C1CCCOC1. The van der Waals surface area contributed by atoms with E-state index < -0.39 is 0 Å². The first-order valence-corrected chi connectivity index (χ1v) is 5.63. The highest BCUT2D eigenvalue weighted by atomic mass is 16.5. The molecule has 1 aromatic carbocycles. The van der Waals surface area contributed by atoms with Crippen molar-refractivity contribution >= 4 is 6.29 Å². The molecule has 3 nitrogen and oxygen atoms in total. The molecule has 1 N–H and O–H groups in total. The van der Waals surface area contributed by atoms with Crippen molar-refractivity contribution in [2.45, 2.75) is 18.8 Å². The molecule has 0 bridgehead atoms. The van der Waals surface area contributed by atoms with Gasteiger partial charge in [0.2, 0.25) is 0 Å². The van der Waals surface area contributed by atoms with Gasteiger partial charge in [-0.15, -0.1) is 0 Å². The summed E-state index contributed by atoms with van der Waals surface area (Å²) in [5.74, 6) is 0.293. The van der Waals surface area contributed by atoms with Crippen LogP contribution in [0.25, 0.3) is 0 Å². The van der Waals surface area contributed by atoms with Crippen LogP contribution in [-0.4, -0.2) is 24.6 Å². The average molecular weight is 220 g/mol. The molecule has 1 aliphatic heterocycles. The Balaban J connectivity index is 2.17. The van der Waals surface area contributed by atoms with E-state index >= 15 is 0 Å².